The van der Waals surface area contributed by atoms with Crippen LogP contribution in [0.15, 0.2) is 30.3 Å². The van der Waals surface area contributed by atoms with Crippen LogP contribution in [-0.2, 0) is 21.2 Å². The molecule has 2 fully saturated rings. The van der Waals surface area contributed by atoms with Gasteiger partial charge in [0.2, 0.25) is 5.91 Å². The molecule has 0 unspecified atom stereocenters. The molecule has 1 amide bonds. The fourth-order valence-electron chi connectivity index (χ4n) is 3.77. The molecule has 0 aromatic heterocycles. The van der Waals surface area contributed by atoms with Crippen molar-refractivity contribution in [1.82, 2.24) is 10.2 Å². The second-order valence-corrected chi connectivity index (χ2v) is 9.71. The number of hydrogen-bond acceptors (Lipinski definition) is 4. The number of hydrogen-bond donors (Lipinski definition) is 1. The van der Waals surface area contributed by atoms with Gasteiger partial charge in [-0.3, -0.25) is 9.69 Å². The lowest BCUT2D eigenvalue weighted by Crippen LogP contribution is -2.44. The average Bonchev–Trinajstić information content (AvgIpc) is 2.59. The van der Waals surface area contributed by atoms with E-state index in [1.165, 1.54) is 5.56 Å². The Morgan fingerprint density at radius 3 is 2.32 bits per heavy atom. The first kappa shape index (κ1) is 18.4. The van der Waals surface area contributed by atoms with Crippen molar-refractivity contribution in [2.24, 2.45) is 5.92 Å². The zero-order chi connectivity index (χ0) is 17.7. The molecule has 2 saturated heterocycles. The van der Waals surface area contributed by atoms with E-state index in [2.05, 4.69) is 34.5 Å². The summed E-state index contributed by atoms with van der Waals surface area (Å²) in [6, 6.07) is 10.7. The number of nitrogens with zero attached hydrogens (tertiary/aromatic N) is 1. The molecule has 0 saturated carbocycles. The van der Waals surface area contributed by atoms with E-state index >= 15 is 0 Å². The normalized spacial score (nSPS) is 22.6. The average molecular weight is 365 g/mol. The Hall–Kier alpha value is -1.40. The summed E-state index contributed by atoms with van der Waals surface area (Å²) in [5.41, 5.74) is 1.33. The predicted octanol–water partition coefficient (Wildman–Crippen LogP) is 1.98. The zero-order valence-electron chi connectivity index (χ0n) is 14.7. The summed E-state index contributed by atoms with van der Waals surface area (Å²) in [4.78, 5) is 14.7. The van der Waals surface area contributed by atoms with E-state index in [1.807, 2.05) is 6.07 Å². The van der Waals surface area contributed by atoms with Gasteiger partial charge in [-0.25, -0.2) is 8.42 Å². The molecule has 0 bridgehead atoms. The van der Waals surface area contributed by atoms with Crippen LogP contribution in [0.5, 0.6) is 0 Å². The van der Waals surface area contributed by atoms with Crippen LogP contribution in [0.25, 0.3) is 0 Å². The highest BCUT2D eigenvalue weighted by Crippen LogP contribution is 2.22. The maximum absolute atomic E-state index is 12.2. The third-order valence-electron chi connectivity index (χ3n) is 5.35. The van der Waals surface area contributed by atoms with Crippen LogP contribution in [0.1, 0.15) is 37.7 Å². The molecule has 1 aromatic rings. The SMILES string of the molecule is O=C(CC1CCS(=O)(=O)CC1)NC1CCN(Cc2ccccc2)CC1. The van der Waals surface area contributed by atoms with E-state index < -0.39 is 9.84 Å². The van der Waals surface area contributed by atoms with E-state index in [-0.39, 0.29) is 29.4 Å². The molecule has 2 heterocycles. The van der Waals surface area contributed by atoms with Crippen LogP contribution in [0, 0.1) is 5.92 Å². The summed E-state index contributed by atoms with van der Waals surface area (Å²) in [5.74, 6) is 0.790. The van der Waals surface area contributed by atoms with Gasteiger partial charge in [0.25, 0.3) is 0 Å². The number of carbonyl (C=O) groups is 1. The van der Waals surface area contributed by atoms with Gasteiger partial charge >= 0.3 is 0 Å². The van der Waals surface area contributed by atoms with E-state index in [0.29, 0.717) is 19.3 Å². The van der Waals surface area contributed by atoms with Crippen molar-refractivity contribution < 1.29 is 13.2 Å². The molecular formula is C19H28N2O3S. The van der Waals surface area contributed by atoms with Crippen LogP contribution in [0.3, 0.4) is 0 Å². The largest absolute Gasteiger partial charge is 0.353 e. The van der Waals surface area contributed by atoms with Gasteiger partial charge in [0.05, 0.1) is 11.5 Å². The number of amides is 1. The molecule has 0 spiro atoms. The van der Waals surface area contributed by atoms with Crippen molar-refractivity contribution in [3.63, 3.8) is 0 Å². The summed E-state index contributed by atoms with van der Waals surface area (Å²) in [6.45, 7) is 2.97. The van der Waals surface area contributed by atoms with Gasteiger partial charge < -0.3 is 5.32 Å². The van der Waals surface area contributed by atoms with Gasteiger partial charge in [-0.2, -0.15) is 0 Å². The minimum absolute atomic E-state index is 0.0887. The standard InChI is InChI=1S/C19H28N2O3S/c22-19(14-16-8-12-25(23,24)13-9-16)20-18-6-10-21(11-7-18)15-17-4-2-1-3-5-17/h1-5,16,18H,6-15H2,(H,20,22). The second kappa shape index (κ2) is 8.32. The van der Waals surface area contributed by atoms with Crippen molar-refractivity contribution in [3.8, 4) is 0 Å². The Balaban J connectivity index is 1.36. The molecule has 0 radical (unpaired) electrons. The molecule has 1 N–H and O–H groups in total. The van der Waals surface area contributed by atoms with Gasteiger partial charge in [-0.15, -0.1) is 0 Å². The van der Waals surface area contributed by atoms with Crippen molar-refractivity contribution in [3.05, 3.63) is 35.9 Å². The molecular weight excluding hydrogens is 336 g/mol. The van der Waals surface area contributed by atoms with Crippen LogP contribution in [-0.4, -0.2) is 49.9 Å². The number of piperidine rings is 1. The topological polar surface area (TPSA) is 66.5 Å². The molecule has 1 aromatic carbocycles. The van der Waals surface area contributed by atoms with Gasteiger partial charge in [0, 0.05) is 32.1 Å². The summed E-state index contributed by atoms with van der Waals surface area (Å²) >= 11 is 0. The minimum Gasteiger partial charge on any atom is -0.353 e. The molecule has 138 valence electrons. The minimum atomic E-state index is -2.85. The molecule has 6 heteroatoms. The Bertz CT molecular complexity index is 653. The third-order valence-corrected chi connectivity index (χ3v) is 7.07. The van der Waals surface area contributed by atoms with Gasteiger partial charge in [-0.05, 0) is 37.2 Å². The Kier molecular flexibility index (Phi) is 6.12. The lowest BCUT2D eigenvalue weighted by molar-refractivity contribution is -0.123. The lowest BCUT2D eigenvalue weighted by Gasteiger charge is -2.32. The number of likely N-dealkylation sites (tertiary alicyclic amines) is 1. The van der Waals surface area contributed by atoms with Gasteiger partial charge in [-0.1, -0.05) is 30.3 Å². The predicted molar refractivity (Wildman–Crippen MR) is 98.9 cm³/mol. The maximum Gasteiger partial charge on any atom is 0.220 e. The monoisotopic (exact) mass is 364 g/mol. The summed E-state index contributed by atoms with van der Waals surface area (Å²) in [6.07, 6.45) is 3.70. The summed E-state index contributed by atoms with van der Waals surface area (Å²) in [7, 11) is -2.85. The van der Waals surface area contributed by atoms with Crippen LogP contribution in [0.4, 0.5) is 0 Å². The fourth-order valence-corrected chi connectivity index (χ4v) is 5.36. The van der Waals surface area contributed by atoms with E-state index in [9.17, 15) is 13.2 Å². The van der Waals surface area contributed by atoms with E-state index in [1.54, 1.807) is 0 Å². The Morgan fingerprint density at radius 2 is 1.68 bits per heavy atom. The molecule has 2 aliphatic rings. The molecule has 0 atom stereocenters. The molecule has 5 nitrogen and oxygen atoms in total. The highest BCUT2D eigenvalue weighted by molar-refractivity contribution is 7.91. The lowest BCUT2D eigenvalue weighted by atomic mass is 9.97. The zero-order valence-corrected chi connectivity index (χ0v) is 15.5. The Labute approximate surface area is 150 Å². The Morgan fingerprint density at radius 1 is 1.04 bits per heavy atom. The quantitative estimate of drug-likeness (QED) is 0.868. The first-order chi connectivity index (χ1) is 12.0. The van der Waals surface area contributed by atoms with Crippen molar-refractivity contribution in [2.45, 2.75) is 44.7 Å². The van der Waals surface area contributed by atoms with Gasteiger partial charge in [0.1, 0.15) is 9.84 Å². The molecule has 2 aliphatic heterocycles. The second-order valence-electron chi connectivity index (χ2n) is 7.40. The number of carbonyl (C=O) groups excluding carboxylic acids is 1. The van der Waals surface area contributed by atoms with Crippen LogP contribution < -0.4 is 5.32 Å². The number of benzene rings is 1. The third kappa shape index (κ3) is 5.82. The maximum atomic E-state index is 12.2. The highest BCUT2D eigenvalue weighted by Gasteiger charge is 2.26. The van der Waals surface area contributed by atoms with Crippen LogP contribution in [0.2, 0.25) is 0 Å². The molecule has 25 heavy (non-hydrogen) atoms. The fraction of sp³-hybridized carbons (Fsp3) is 0.632. The van der Waals surface area contributed by atoms with E-state index in [4.69, 9.17) is 0 Å². The van der Waals surface area contributed by atoms with Crippen molar-refractivity contribution >= 4 is 15.7 Å². The highest BCUT2D eigenvalue weighted by atomic mass is 32.2. The van der Waals surface area contributed by atoms with E-state index in [0.717, 1.165) is 32.5 Å². The molecule has 0 aliphatic carbocycles. The van der Waals surface area contributed by atoms with Crippen LogP contribution >= 0.6 is 0 Å². The smallest absolute Gasteiger partial charge is 0.220 e. The summed E-state index contributed by atoms with van der Waals surface area (Å²) < 4.78 is 22.9. The summed E-state index contributed by atoms with van der Waals surface area (Å²) in [5, 5.41) is 3.16. The number of sulfone groups is 1. The number of rotatable bonds is 5. The first-order valence-electron chi connectivity index (χ1n) is 9.26. The van der Waals surface area contributed by atoms with Crippen molar-refractivity contribution in [2.75, 3.05) is 24.6 Å². The van der Waals surface area contributed by atoms with Gasteiger partial charge in [0.15, 0.2) is 0 Å². The molecule has 3 rings (SSSR count). The number of nitrogens with one attached hydrogen (secondary N) is 1. The van der Waals surface area contributed by atoms with Crippen molar-refractivity contribution in [1.29, 1.82) is 0 Å². The first-order valence-corrected chi connectivity index (χ1v) is 11.1.